The van der Waals surface area contributed by atoms with Crippen molar-refractivity contribution in [2.45, 2.75) is 13.0 Å². The third-order valence-electron chi connectivity index (χ3n) is 3.09. The van der Waals surface area contributed by atoms with Crippen LogP contribution in [0.2, 0.25) is 0 Å². The number of aromatic carboxylic acids is 1. The van der Waals surface area contributed by atoms with Crippen LogP contribution in [-0.4, -0.2) is 18.2 Å². The number of nitrogens with one attached hydrogen (secondary N) is 1. The summed E-state index contributed by atoms with van der Waals surface area (Å²) >= 11 is 0. The van der Waals surface area contributed by atoms with Gasteiger partial charge in [-0.25, -0.2) is 4.79 Å². The molecule has 0 radical (unpaired) electrons. The summed E-state index contributed by atoms with van der Waals surface area (Å²) in [5, 5.41) is 12.3. The molecule has 1 atom stereocenters. The zero-order chi connectivity index (χ0) is 14.5. The van der Waals surface area contributed by atoms with Crippen LogP contribution in [0.15, 0.2) is 48.5 Å². The average Bonchev–Trinajstić information content (AvgIpc) is 2.47. The van der Waals surface area contributed by atoms with E-state index in [4.69, 9.17) is 9.84 Å². The summed E-state index contributed by atoms with van der Waals surface area (Å²) in [6.07, 6.45) is 0. The van der Waals surface area contributed by atoms with Crippen LogP contribution in [0, 0.1) is 0 Å². The molecule has 2 rings (SSSR count). The van der Waals surface area contributed by atoms with Crippen LogP contribution in [0.25, 0.3) is 0 Å². The van der Waals surface area contributed by atoms with E-state index < -0.39 is 5.97 Å². The summed E-state index contributed by atoms with van der Waals surface area (Å²) in [6.45, 7) is 2.02. The molecule has 0 heterocycles. The van der Waals surface area contributed by atoms with Crippen LogP contribution >= 0.6 is 0 Å². The predicted octanol–water partition coefficient (Wildman–Crippen LogP) is 3.57. The molecule has 0 bridgehead atoms. The largest absolute Gasteiger partial charge is 0.497 e. The Bertz CT molecular complexity index is 610. The Morgan fingerprint density at radius 2 is 1.95 bits per heavy atom. The molecule has 0 spiro atoms. The first-order chi connectivity index (χ1) is 9.60. The number of carboxylic acid groups (broad SMARTS) is 1. The van der Waals surface area contributed by atoms with Crippen molar-refractivity contribution in [1.82, 2.24) is 0 Å². The molecule has 2 aromatic rings. The normalized spacial score (nSPS) is 11.7. The molecular weight excluding hydrogens is 254 g/mol. The van der Waals surface area contributed by atoms with Gasteiger partial charge in [-0.05, 0) is 42.8 Å². The lowest BCUT2D eigenvalue weighted by molar-refractivity contribution is 0.0697. The second-order valence-corrected chi connectivity index (χ2v) is 4.53. The molecule has 0 aliphatic carbocycles. The quantitative estimate of drug-likeness (QED) is 0.872. The van der Waals surface area contributed by atoms with E-state index in [1.54, 1.807) is 25.3 Å². The van der Waals surface area contributed by atoms with E-state index in [9.17, 15) is 4.79 Å². The van der Waals surface area contributed by atoms with E-state index in [1.807, 2.05) is 37.3 Å². The maximum absolute atomic E-state index is 10.9. The number of ether oxygens (including phenoxy) is 1. The first-order valence-corrected chi connectivity index (χ1v) is 6.34. The number of carboxylic acids is 1. The van der Waals surface area contributed by atoms with Gasteiger partial charge < -0.3 is 15.2 Å². The molecule has 0 saturated heterocycles. The highest BCUT2D eigenvalue weighted by molar-refractivity contribution is 5.88. The van der Waals surface area contributed by atoms with Crippen molar-refractivity contribution >= 4 is 11.7 Å². The molecule has 1 unspecified atom stereocenters. The van der Waals surface area contributed by atoms with Gasteiger partial charge >= 0.3 is 5.97 Å². The first-order valence-electron chi connectivity index (χ1n) is 6.34. The van der Waals surface area contributed by atoms with E-state index >= 15 is 0 Å². The van der Waals surface area contributed by atoms with E-state index in [2.05, 4.69) is 5.32 Å². The van der Waals surface area contributed by atoms with Crippen LogP contribution in [0.1, 0.15) is 28.9 Å². The maximum Gasteiger partial charge on any atom is 0.335 e. The summed E-state index contributed by atoms with van der Waals surface area (Å²) in [6, 6.07) is 14.6. The van der Waals surface area contributed by atoms with Crippen molar-refractivity contribution in [2.24, 2.45) is 0 Å². The van der Waals surface area contributed by atoms with E-state index in [1.165, 1.54) is 0 Å². The van der Waals surface area contributed by atoms with Crippen LogP contribution in [0.4, 0.5) is 5.69 Å². The zero-order valence-electron chi connectivity index (χ0n) is 11.5. The van der Waals surface area contributed by atoms with Gasteiger partial charge in [-0.3, -0.25) is 0 Å². The molecular formula is C16H17NO3. The number of anilines is 1. The topological polar surface area (TPSA) is 58.6 Å². The molecule has 0 saturated carbocycles. The second-order valence-electron chi connectivity index (χ2n) is 4.53. The van der Waals surface area contributed by atoms with Crippen molar-refractivity contribution in [3.63, 3.8) is 0 Å². The lowest BCUT2D eigenvalue weighted by atomic mass is 10.1. The third-order valence-corrected chi connectivity index (χ3v) is 3.09. The third kappa shape index (κ3) is 3.29. The molecule has 0 fully saturated rings. The average molecular weight is 271 g/mol. The van der Waals surface area contributed by atoms with E-state index in [0.717, 1.165) is 17.0 Å². The molecule has 20 heavy (non-hydrogen) atoms. The van der Waals surface area contributed by atoms with Gasteiger partial charge in [-0.15, -0.1) is 0 Å². The van der Waals surface area contributed by atoms with Gasteiger partial charge in [-0.2, -0.15) is 0 Å². The standard InChI is InChI=1S/C16H17NO3/c1-11(12-5-4-8-15(10-12)20-2)17-14-7-3-6-13(9-14)16(18)19/h3-11,17H,1-2H3,(H,18,19). The Hall–Kier alpha value is -2.49. The number of hydrogen-bond acceptors (Lipinski definition) is 3. The molecule has 0 amide bonds. The van der Waals surface area contributed by atoms with Crippen LogP contribution in [0.3, 0.4) is 0 Å². The molecule has 0 aliphatic heterocycles. The molecule has 2 N–H and O–H groups in total. The van der Waals surface area contributed by atoms with Gasteiger partial charge in [0.25, 0.3) is 0 Å². The fourth-order valence-corrected chi connectivity index (χ4v) is 1.99. The minimum absolute atomic E-state index is 0.0501. The van der Waals surface area contributed by atoms with Gasteiger partial charge in [0.15, 0.2) is 0 Å². The number of hydrogen-bond donors (Lipinski definition) is 2. The van der Waals surface area contributed by atoms with Crippen molar-refractivity contribution in [3.8, 4) is 5.75 Å². The summed E-state index contributed by atoms with van der Waals surface area (Å²) < 4.78 is 5.20. The van der Waals surface area contributed by atoms with Gasteiger partial charge in [0, 0.05) is 11.7 Å². The highest BCUT2D eigenvalue weighted by Crippen LogP contribution is 2.23. The van der Waals surface area contributed by atoms with Gasteiger partial charge in [0.05, 0.1) is 12.7 Å². The maximum atomic E-state index is 10.9. The molecule has 0 aliphatic rings. The summed E-state index contributed by atoms with van der Waals surface area (Å²) in [5.74, 6) is -0.127. The Labute approximate surface area is 118 Å². The smallest absolute Gasteiger partial charge is 0.335 e. The molecule has 4 nitrogen and oxygen atoms in total. The molecule has 0 aromatic heterocycles. The monoisotopic (exact) mass is 271 g/mol. The van der Waals surface area contributed by atoms with Crippen molar-refractivity contribution in [1.29, 1.82) is 0 Å². The van der Waals surface area contributed by atoms with E-state index in [0.29, 0.717) is 0 Å². The van der Waals surface area contributed by atoms with Gasteiger partial charge in [0.1, 0.15) is 5.75 Å². The summed E-state index contributed by atoms with van der Waals surface area (Å²) in [7, 11) is 1.63. The minimum atomic E-state index is -0.928. The van der Waals surface area contributed by atoms with Gasteiger partial charge in [0.2, 0.25) is 0 Å². The Morgan fingerprint density at radius 3 is 2.65 bits per heavy atom. The minimum Gasteiger partial charge on any atom is -0.497 e. The predicted molar refractivity (Wildman–Crippen MR) is 78.4 cm³/mol. The van der Waals surface area contributed by atoms with Crippen LogP contribution < -0.4 is 10.1 Å². The first kappa shape index (κ1) is 13.9. The van der Waals surface area contributed by atoms with Crippen molar-refractivity contribution in [3.05, 3.63) is 59.7 Å². The number of benzene rings is 2. The van der Waals surface area contributed by atoms with Gasteiger partial charge in [-0.1, -0.05) is 18.2 Å². The number of rotatable bonds is 5. The fourth-order valence-electron chi connectivity index (χ4n) is 1.99. The lowest BCUT2D eigenvalue weighted by Crippen LogP contribution is -2.07. The van der Waals surface area contributed by atoms with Crippen LogP contribution in [0.5, 0.6) is 5.75 Å². The fraction of sp³-hybridized carbons (Fsp3) is 0.188. The number of carbonyl (C=O) groups is 1. The SMILES string of the molecule is COc1cccc(C(C)Nc2cccc(C(=O)O)c2)c1. The zero-order valence-corrected chi connectivity index (χ0v) is 11.5. The Balaban J connectivity index is 2.16. The van der Waals surface area contributed by atoms with E-state index in [-0.39, 0.29) is 11.6 Å². The highest BCUT2D eigenvalue weighted by atomic mass is 16.5. The van der Waals surface area contributed by atoms with Crippen LogP contribution in [-0.2, 0) is 0 Å². The Kier molecular flexibility index (Phi) is 4.25. The lowest BCUT2D eigenvalue weighted by Gasteiger charge is -2.16. The number of methoxy groups -OCH3 is 1. The summed E-state index contributed by atoms with van der Waals surface area (Å²) in [5.41, 5.74) is 2.12. The highest BCUT2D eigenvalue weighted by Gasteiger charge is 2.08. The Morgan fingerprint density at radius 1 is 1.20 bits per heavy atom. The molecule has 4 heteroatoms. The summed E-state index contributed by atoms with van der Waals surface area (Å²) in [4.78, 5) is 10.9. The van der Waals surface area contributed by atoms with Crippen molar-refractivity contribution < 1.29 is 14.6 Å². The molecule has 2 aromatic carbocycles. The van der Waals surface area contributed by atoms with Crippen molar-refractivity contribution in [2.75, 3.05) is 12.4 Å². The molecule has 104 valence electrons. The second kappa shape index (κ2) is 6.10.